The van der Waals surface area contributed by atoms with E-state index in [2.05, 4.69) is 21.9 Å². The summed E-state index contributed by atoms with van der Waals surface area (Å²) >= 11 is 6.50. The molecule has 0 bridgehead atoms. The number of hydrogen-bond acceptors (Lipinski definition) is 7. The molecule has 212 valence electrons. The average molecular weight is 558 g/mol. The van der Waals surface area contributed by atoms with Crippen LogP contribution < -0.4 is 14.4 Å². The van der Waals surface area contributed by atoms with Gasteiger partial charge in [-0.05, 0) is 59.8 Å². The number of carbonyl (C=O) groups is 1. The van der Waals surface area contributed by atoms with E-state index in [9.17, 15) is 4.79 Å². The smallest absolute Gasteiger partial charge is 0.410 e. The summed E-state index contributed by atoms with van der Waals surface area (Å²) in [6.45, 7) is 10.0. The second-order valence-electron chi connectivity index (χ2n) is 11.1. The zero-order valence-corrected chi connectivity index (χ0v) is 24.6. The van der Waals surface area contributed by atoms with Gasteiger partial charge in [0.25, 0.3) is 0 Å². The maximum atomic E-state index is 12.6. The van der Waals surface area contributed by atoms with Gasteiger partial charge in [-0.15, -0.1) is 0 Å². The molecule has 0 aliphatic carbocycles. The minimum atomic E-state index is -0.502. The summed E-state index contributed by atoms with van der Waals surface area (Å²) in [7, 11) is 5.69. The molecular formula is C29H40ClN5O4. The van der Waals surface area contributed by atoms with Crippen molar-refractivity contribution in [2.45, 2.75) is 39.2 Å². The molecular weight excluding hydrogens is 518 g/mol. The van der Waals surface area contributed by atoms with E-state index in [4.69, 9.17) is 30.8 Å². The van der Waals surface area contributed by atoms with Gasteiger partial charge in [0.2, 0.25) is 0 Å². The minimum Gasteiger partial charge on any atom is -0.495 e. The van der Waals surface area contributed by atoms with Crippen LogP contribution in [0.3, 0.4) is 0 Å². The average Bonchev–Trinajstić information content (AvgIpc) is 3.13. The first-order valence-electron chi connectivity index (χ1n) is 13.4. The Balaban J connectivity index is 1.54. The van der Waals surface area contributed by atoms with E-state index in [0.29, 0.717) is 36.2 Å². The molecule has 1 saturated heterocycles. The molecule has 3 aromatic rings. The Labute approximate surface area is 236 Å². The lowest BCUT2D eigenvalue weighted by atomic mass is 10.1. The molecule has 10 heteroatoms. The number of anilines is 1. The first-order chi connectivity index (χ1) is 18.5. The summed E-state index contributed by atoms with van der Waals surface area (Å²) in [5.74, 6) is 1.25. The van der Waals surface area contributed by atoms with Gasteiger partial charge in [-0.25, -0.2) is 9.78 Å². The second kappa shape index (κ2) is 12.3. The SMILES string of the molecule is COc1cc(OCCCN(C)C)c(-c2cn3ccc(N4CCCN(C(=O)OC(C)(C)C)CC4)cc3n2)cc1Cl. The number of nitrogens with zero attached hydrogens (tertiary/aromatic N) is 5. The Bertz CT molecular complexity index is 1290. The predicted molar refractivity (Wildman–Crippen MR) is 155 cm³/mol. The third-order valence-corrected chi connectivity index (χ3v) is 6.79. The predicted octanol–water partition coefficient (Wildman–Crippen LogP) is 5.44. The van der Waals surface area contributed by atoms with Crippen molar-refractivity contribution >= 4 is 29.0 Å². The van der Waals surface area contributed by atoms with Crippen LogP contribution >= 0.6 is 11.6 Å². The van der Waals surface area contributed by atoms with Crippen molar-refractivity contribution < 1.29 is 19.0 Å². The number of amides is 1. The highest BCUT2D eigenvalue weighted by atomic mass is 35.5. The van der Waals surface area contributed by atoms with Gasteiger partial charge in [-0.2, -0.15) is 0 Å². The molecule has 1 fully saturated rings. The molecule has 0 spiro atoms. The monoisotopic (exact) mass is 557 g/mol. The number of rotatable bonds is 8. The molecule has 0 N–H and O–H groups in total. The van der Waals surface area contributed by atoms with Gasteiger partial charge < -0.3 is 33.3 Å². The van der Waals surface area contributed by atoms with Gasteiger partial charge >= 0.3 is 6.09 Å². The molecule has 0 atom stereocenters. The van der Waals surface area contributed by atoms with E-state index in [1.807, 2.05) is 63.8 Å². The molecule has 1 aliphatic rings. The van der Waals surface area contributed by atoms with Crippen molar-refractivity contribution in [1.29, 1.82) is 0 Å². The summed E-state index contributed by atoms with van der Waals surface area (Å²) in [4.78, 5) is 23.7. The number of hydrogen-bond donors (Lipinski definition) is 0. The molecule has 0 unspecified atom stereocenters. The standard InChI is InChI=1S/C29H40ClN5O4/c1-29(2,3)39-28(36)34-12-7-11-33(14-15-34)21-9-13-35-20-24(31-27(35)17-21)22-18-23(30)26(37-6)19-25(22)38-16-8-10-32(4)5/h9,13,17-20H,7-8,10-12,14-16H2,1-6H3. The highest BCUT2D eigenvalue weighted by molar-refractivity contribution is 6.32. The number of carbonyl (C=O) groups excluding carboxylic acids is 1. The van der Waals surface area contributed by atoms with E-state index in [-0.39, 0.29) is 6.09 Å². The third kappa shape index (κ3) is 7.48. The molecule has 1 aromatic carbocycles. The number of halogens is 1. The molecule has 0 saturated carbocycles. The zero-order chi connectivity index (χ0) is 28.2. The van der Waals surface area contributed by atoms with Gasteiger partial charge in [-0.1, -0.05) is 11.6 Å². The number of imidazole rings is 1. The third-order valence-electron chi connectivity index (χ3n) is 6.49. The Morgan fingerprint density at radius 1 is 1.10 bits per heavy atom. The van der Waals surface area contributed by atoms with Gasteiger partial charge in [0.05, 0.1) is 24.4 Å². The van der Waals surface area contributed by atoms with Crippen LogP contribution in [0.4, 0.5) is 10.5 Å². The number of pyridine rings is 1. The van der Waals surface area contributed by atoms with Crippen molar-refractivity contribution in [1.82, 2.24) is 19.2 Å². The summed E-state index contributed by atoms with van der Waals surface area (Å²) in [5, 5.41) is 0.505. The van der Waals surface area contributed by atoms with Gasteiger partial charge in [0.15, 0.2) is 0 Å². The molecule has 3 heterocycles. The first-order valence-corrected chi connectivity index (χ1v) is 13.8. The fourth-order valence-corrected chi connectivity index (χ4v) is 4.80. The van der Waals surface area contributed by atoms with E-state index in [1.54, 1.807) is 12.0 Å². The van der Waals surface area contributed by atoms with E-state index in [0.717, 1.165) is 55.1 Å². The van der Waals surface area contributed by atoms with Crippen molar-refractivity contribution in [2.75, 3.05) is 65.4 Å². The van der Waals surface area contributed by atoms with Crippen LogP contribution in [0.5, 0.6) is 11.5 Å². The second-order valence-corrected chi connectivity index (χ2v) is 11.5. The Hall–Kier alpha value is -3.17. The summed E-state index contributed by atoms with van der Waals surface area (Å²) < 4.78 is 19.2. The number of aromatic nitrogens is 2. The molecule has 4 rings (SSSR count). The van der Waals surface area contributed by atoms with Crippen LogP contribution in [0.2, 0.25) is 5.02 Å². The Kier molecular flexibility index (Phi) is 9.12. The Morgan fingerprint density at radius 2 is 1.90 bits per heavy atom. The number of ether oxygens (including phenoxy) is 3. The summed E-state index contributed by atoms with van der Waals surface area (Å²) in [6, 6.07) is 7.84. The lowest BCUT2D eigenvalue weighted by Crippen LogP contribution is -2.39. The van der Waals surface area contributed by atoms with Crippen LogP contribution in [0, 0.1) is 0 Å². The normalized spacial score (nSPS) is 14.6. The minimum absolute atomic E-state index is 0.254. The molecule has 2 aromatic heterocycles. The summed E-state index contributed by atoms with van der Waals surface area (Å²) in [5.41, 5.74) is 2.97. The molecule has 1 aliphatic heterocycles. The largest absolute Gasteiger partial charge is 0.495 e. The fraction of sp³-hybridized carbons (Fsp3) is 0.517. The van der Waals surface area contributed by atoms with E-state index < -0.39 is 5.60 Å². The zero-order valence-electron chi connectivity index (χ0n) is 23.9. The number of benzene rings is 1. The first kappa shape index (κ1) is 28.8. The molecule has 9 nitrogen and oxygen atoms in total. The fourth-order valence-electron chi connectivity index (χ4n) is 4.56. The van der Waals surface area contributed by atoms with Crippen LogP contribution in [0.25, 0.3) is 16.9 Å². The van der Waals surface area contributed by atoms with E-state index in [1.165, 1.54) is 0 Å². The Morgan fingerprint density at radius 3 is 2.62 bits per heavy atom. The number of fused-ring (bicyclic) bond motifs is 1. The topological polar surface area (TPSA) is 71.8 Å². The van der Waals surface area contributed by atoms with Crippen molar-refractivity contribution in [3.8, 4) is 22.8 Å². The van der Waals surface area contributed by atoms with Crippen molar-refractivity contribution in [2.24, 2.45) is 0 Å². The lowest BCUT2D eigenvalue weighted by molar-refractivity contribution is 0.0263. The van der Waals surface area contributed by atoms with Gasteiger partial charge in [0.1, 0.15) is 22.7 Å². The maximum absolute atomic E-state index is 12.6. The van der Waals surface area contributed by atoms with Crippen molar-refractivity contribution in [3.63, 3.8) is 0 Å². The summed E-state index contributed by atoms with van der Waals surface area (Å²) in [6.07, 6.45) is 5.50. The van der Waals surface area contributed by atoms with Gasteiger partial charge in [0, 0.05) is 68.5 Å². The van der Waals surface area contributed by atoms with E-state index >= 15 is 0 Å². The molecule has 1 amide bonds. The number of methoxy groups -OCH3 is 1. The van der Waals surface area contributed by atoms with Crippen LogP contribution in [0.15, 0.2) is 36.7 Å². The molecule has 0 radical (unpaired) electrons. The van der Waals surface area contributed by atoms with Crippen LogP contribution in [-0.2, 0) is 4.74 Å². The quantitative estimate of drug-likeness (QED) is 0.341. The van der Waals surface area contributed by atoms with Crippen LogP contribution in [0.1, 0.15) is 33.6 Å². The van der Waals surface area contributed by atoms with Crippen LogP contribution in [-0.4, -0.2) is 91.4 Å². The van der Waals surface area contributed by atoms with Gasteiger partial charge in [-0.3, -0.25) is 0 Å². The maximum Gasteiger partial charge on any atom is 0.410 e. The highest BCUT2D eigenvalue weighted by Crippen LogP contribution is 2.38. The lowest BCUT2D eigenvalue weighted by Gasteiger charge is -2.27. The highest BCUT2D eigenvalue weighted by Gasteiger charge is 2.25. The van der Waals surface area contributed by atoms with Crippen molar-refractivity contribution in [3.05, 3.63) is 41.7 Å². The molecule has 39 heavy (non-hydrogen) atoms.